The summed E-state index contributed by atoms with van der Waals surface area (Å²) in [4.78, 5) is 12.1. The molecule has 4 nitrogen and oxygen atoms in total. The molecule has 2 aliphatic rings. The molecule has 2 fully saturated rings. The molecular formula is C40H71ClO4. The van der Waals surface area contributed by atoms with Crippen LogP contribution in [0.3, 0.4) is 0 Å². The minimum Gasteiger partial charge on any atom is -0.466 e. The summed E-state index contributed by atoms with van der Waals surface area (Å²) in [5.41, 5.74) is 0.105. The molecule has 2 aliphatic carbocycles. The Kier molecular flexibility index (Phi) is 22.6. The van der Waals surface area contributed by atoms with Crippen molar-refractivity contribution in [2.45, 2.75) is 198 Å². The van der Waals surface area contributed by atoms with Gasteiger partial charge in [-0.2, -0.15) is 0 Å². The Morgan fingerprint density at radius 2 is 1.42 bits per heavy atom. The number of ether oxygens (including phenoxy) is 1. The standard InChI is InChI=1S/C40H71ClO4/c1-3-5-6-7-8-9-10-11-12-13-14-15-16-17-20-23-32-45-39(44)29-22-19-18-21-26-34-35(37(42)33-36(34)41)27-24-28-38(43)40(4-2)30-25-31-40/h18,21,24,27,34-38,42-43H,3-17,19-20,22-23,25-26,28-33H2,1-2H3/b21-18-,27-24+/t34-,35-,36-,37-,38+/m1/s1. The van der Waals surface area contributed by atoms with Gasteiger partial charge in [-0.3, -0.25) is 4.79 Å². The van der Waals surface area contributed by atoms with Crippen LogP contribution >= 0.6 is 11.6 Å². The highest BCUT2D eigenvalue weighted by Gasteiger charge is 2.42. The summed E-state index contributed by atoms with van der Waals surface area (Å²) in [6.07, 6.45) is 38.0. The monoisotopic (exact) mass is 651 g/mol. The summed E-state index contributed by atoms with van der Waals surface area (Å²) in [5, 5.41) is 21.3. The van der Waals surface area contributed by atoms with Crippen molar-refractivity contribution in [2.24, 2.45) is 17.3 Å². The minimum absolute atomic E-state index is 0.0304. The van der Waals surface area contributed by atoms with Crippen LogP contribution < -0.4 is 0 Å². The molecule has 0 spiro atoms. The third-order valence-corrected chi connectivity index (χ3v) is 11.4. The lowest BCUT2D eigenvalue weighted by Gasteiger charge is -2.45. The Morgan fingerprint density at radius 1 is 0.844 bits per heavy atom. The van der Waals surface area contributed by atoms with Crippen LogP contribution in [0.2, 0.25) is 0 Å². The fourth-order valence-corrected chi connectivity index (χ4v) is 7.93. The number of unbranched alkanes of at least 4 members (excludes halogenated alkanes) is 16. The Labute approximate surface area is 283 Å². The lowest BCUT2D eigenvalue weighted by Crippen LogP contribution is -2.40. The van der Waals surface area contributed by atoms with Gasteiger partial charge < -0.3 is 14.9 Å². The molecule has 0 unspecified atom stereocenters. The fraction of sp³-hybridized carbons (Fsp3) is 0.875. The average molecular weight is 651 g/mol. The van der Waals surface area contributed by atoms with Crippen molar-refractivity contribution in [3.8, 4) is 0 Å². The van der Waals surface area contributed by atoms with Crippen molar-refractivity contribution in [3.63, 3.8) is 0 Å². The van der Waals surface area contributed by atoms with Crippen molar-refractivity contribution in [1.29, 1.82) is 0 Å². The second-order valence-corrected chi connectivity index (χ2v) is 15.0. The second kappa shape index (κ2) is 25.2. The van der Waals surface area contributed by atoms with Gasteiger partial charge in [-0.05, 0) is 69.1 Å². The predicted molar refractivity (Wildman–Crippen MR) is 192 cm³/mol. The summed E-state index contributed by atoms with van der Waals surface area (Å²) in [6.45, 7) is 5.02. The molecule has 0 aromatic carbocycles. The topological polar surface area (TPSA) is 66.8 Å². The normalized spacial score (nSPS) is 23.6. The van der Waals surface area contributed by atoms with Crippen molar-refractivity contribution < 1.29 is 19.7 Å². The van der Waals surface area contributed by atoms with Crippen LogP contribution in [0.5, 0.6) is 0 Å². The molecule has 0 heterocycles. The summed E-state index contributed by atoms with van der Waals surface area (Å²) in [5.74, 6) is 0.144. The number of carbonyl (C=O) groups is 1. The van der Waals surface area contributed by atoms with E-state index in [1.807, 2.05) is 0 Å². The quantitative estimate of drug-likeness (QED) is 0.0382. The second-order valence-electron chi connectivity index (χ2n) is 14.4. The summed E-state index contributed by atoms with van der Waals surface area (Å²) >= 11 is 6.62. The molecule has 2 N–H and O–H groups in total. The molecule has 5 atom stereocenters. The Balaban J connectivity index is 1.42. The maximum absolute atomic E-state index is 12.1. The van der Waals surface area contributed by atoms with Crippen LogP contribution in [0, 0.1) is 17.3 Å². The maximum atomic E-state index is 12.1. The van der Waals surface area contributed by atoms with Crippen LogP contribution in [-0.4, -0.2) is 40.4 Å². The molecule has 0 amide bonds. The number of hydrogen-bond donors (Lipinski definition) is 2. The molecule has 0 aromatic rings. The smallest absolute Gasteiger partial charge is 0.305 e. The predicted octanol–water partition coefficient (Wildman–Crippen LogP) is 11.4. The number of allylic oxidation sites excluding steroid dienone is 2. The van der Waals surface area contributed by atoms with Gasteiger partial charge in [-0.25, -0.2) is 0 Å². The molecule has 45 heavy (non-hydrogen) atoms. The van der Waals surface area contributed by atoms with E-state index in [-0.39, 0.29) is 34.7 Å². The first-order chi connectivity index (χ1) is 21.9. The van der Waals surface area contributed by atoms with Crippen LogP contribution in [0.15, 0.2) is 24.3 Å². The first kappa shape index (κ1) is 40.3. The van der Waals surface area contributed by atoms with Gasteiger partial charge in [-0.1, -0.05) is 141 Å². The molecule has 2 saturated carbocycles. The molecule has 0 aromatic heterocycles. The van der Waals surface area contributed by atoms with Crippen LogP contribution in [0.25, 0.3) is 0 Å². The van der Waals surface area contributed by atoms with Crippen molar-refractivity contribution in [3.05, 3.63) is 24.3 Å². The molecule has 0 bridgehead atoms. The summed E-state index contributed by atoms with van der Waals surface area (Å²) in [7, 11) is 0. The van der Waals surface area contributed by atoms with E-state index in [0.29, 0.717) is 25.9 Å². The lowest BCUT2D eigenvalue weighted by molar-refractivity contribution is -0.143. The van der Waals surface area contributed by atoms with Crippen LogP contribution in [0.1, 0.15) is 181 Å². The average Bonchev–Trinajstić information content (AvgIpc) is 3.27. The fourth-order valence-electron chi connectivity index (χ4n) is 7.48. The van der Waals surface area contributed by atoms with Gasteiger partial charge in [-0.15, -0.1) is 11.6 Å². The first-order valence-corrected chi connectivity index (χ1v) is 19.8. The van der Waals surface area contributed by atoms with Gasteiger partial charge in [0.15, 0.2) is 0 Å². The van der Waals surface area contributed by atoms with E-state index in [1.165, 1.54) is 96.3 Å². The minimum atomic E-state index is -0.424. The van der Waals surface area contributed by atoms with Gasteiger partial charge in [0, 0.05) is 17.7 Å². The van der Waals surface area contributed by atoms with Gasteiger partial charge >= 0.3 is 5.97 Å². The highest BCUT2D eigenvalue weighted by Crippen LogP contribution is 2.48. The first-order valence-electron chi connectivity index (χ1n) is 19.4. The summed E-state index contributed by atoms with van der Waals surface area (Å²) in [6, 6.07) is 0. The number of aliphatic hydroxyl groups is 2. The number of halogens is 1. The zero-order chi connectivity index (χ0) is 32.6. The van der Waals surface area contributed by atoms with Crippen molar-refractivity contribution in [2.75, 3.05) is 6.61 Å². The van der Waals surface area contributed by atoms with Gasteiger partial charge in [0.05, 0.1) is 18.8 Å². The molecular weight excluding hydrogens is 580 g/mol. The third kappa shape index (κ3) is 16.7. The SMILES string of the molecule is CCCCCCCCCCCCCCCCCCOC(=O)CCC/C=C\C[C@@H]1[C@@H](/C=C/C[C@H](O)C2(CC)CCC2)[C@H](O)C[C@H]1Cl. The molecule has 2 rings (SSSR count). The van der Waals surface area contributed by atoms with E-state index in [0.717, 1.165) is 51.4 Å². The van der Waals surface area contributed by atoms with Crippen LogP contribution in [-0.2, 0) is 9.53 Å². The number of rotatable bonds is 28. The molecule has 0 saturated heterocycles. The zero-order valence-electron chi connectivity index (χ0n) is 29.4. The van der Waals surface area contributed by atoms with E-state index < -0.39 is 6.10 Å². The largest absolute Gasteiger partial charge is 0.466 e. The maximum Gasteiger partial charge on any atom is 0.305 e. The summed E-state index contributed by atoms with van der Waals surface area (Å²) < 4.78 is 5.45. The molecule has 5 heteroatoms. The van der Waals surface area contributed by atoms with Crippen LogP contribution in [0.4, 0.5) is 0 Å². The van der Waals surface area contributed by atoms with Gasteiger partial charge in [0.25, 0.3) is 0 Å². The lowest BCUT2D eigenvalue weighted by atomic mass is 9.63. The van der Waals surface area contributed by atoms with Crippen molar-refractivity contribution >= 4 is 17.6 Å². The zero-order valence-corrected chi connectivity index (χ0v) is 30.1. The highest BCUT2D eigenvalue weighted by molar-refractivity contribution is 6.21. The van der Waals surface area contributed by atoms with E-state index in [9.17, 15) is 15.0 Å². The van der Waals surface area contributed by atoms with E-state index in [4.69, 9.17) is 16.3 Å². The van der Waals surface area contributed by atoms with E-state index >= 15 is 0 Å². The highest BCUT2D eigenvalue weighted by atomic mass is 35.5. The Hall–Kier alpha value is -0.840. The number of esters is 1. The number of hydrogen-bond acceptors (Lipinski definition) is 4. The number of aliphatic hydroxyl groups excluding tert-OH is 2. The van der Waals surface area contributed by atoms with E-state index in [1.54, 1.807) is 0 Å². The third-order valence-electron chi connectivity index (χ3n) is 10.9. The Morgan fingerprint density at radius 3 is 1.96 bits per heavy atom. The van der Waals surface area contributed by atoms with Gasteiger partial charge in [0.1, 0.15) is 0 Å². The van der Waals surface area contributed by atoms with Gasteiger partial charge in [0.2, 0.25) is 0 Å². The molecule has 262 valence electrons. The Bertz CT molecular complexity index is 786. The van der Waals surface area contributed by atoms with E-state index in [2.05, 4.69) is 38.2 Å². The number of carbonyl (C=O) groups excluding carboxylic acids is 1. The van der Waals surface area contributed by atoms with Crippen molar-refractivity contribution in [1.82, 2.24) is 0 Å². The number of alkyl halides is 1. The molecule has 0 aliphatic heterocycles. The molecule has 0 radical (unpaired) electrons.